The molecule has 0 aromatic carbocycles. The van der Waals surface area contributed by atoms with Crippen LogP contribution in [-0.2, 0) is 16.0 Å². The molecule has 6 nitrogen and oxygen atoms in total. The highest BCUT2D eigenvalue weighted by Crippen LogP contribution is 2.29. The molecule has 0 spiro atoms. The molecule has 1 aliphatic heterocycles. The molecule has 0 saturated carbocycles. The molecule has 0 bridgehead atoms. The predicted molar refractivity (Wildman–Crippen MR) is 68.5 cm³/mol. The number of alkyl halides is 3. The highest BCUT2D eigenvalue weighted by Gasteiger charge is 2.31. The van der Waals surface area contributed by atoms with E-state index in [1.165, 1.54) is 4.90 Å². The van der Waals surface area contributed by atoms with Crippen molar-refractivity contribution in [2.24, 2.45) is 0 Å². The molecule has 0 unspecified atom stereocenters. The SMILES string of the molecule is O=C(Nc1cc(C(F)(F)F)ccn1)N1CCS(=O)(=O)CC1. The smallest absolute Gasteiger partial charge is 0.322 e. The standard InChI is InChI=1S/C11H12F3N3O3S/c12-11(13,14)8-1-2-15-9(7-8)16-10(18)17-3-5-21(19,20)6-4-17/h1-2,7H,3-6H2,(H,15,16,18). The summed E-state index contributed by atoms with van der Waals surface area (Å²) in [5, 5.41) is 2.23. The molecule has 2 amide bonds. The predicted octanol–water partition coefficient (Wildman–Crippen LogP) is 1.36. The van der Waals surface area contributed by atoms with Crippen molar-refractivity contribution >= 4 is 21.7 Å². The second-order valence-corrected chi connectivity index (χ2v) is 6.80. The van der Waals surface area contributed by atoms with Gasteiger partial charge in [-0.25, -0.2) is 18.2 Å². The molecule has 21 heavy (non-hydrogen) atoms. The van der Waals surface area contributed by atoms with Crippen LogP contribution < -0.4 is 5.32 Å². The van der Waals surface area contributed by atoms with Gasteiger partial charge < -0.3 is 4.90 Å². The summed E-state index contributed by atoms with van der Waals surface area (Å²) in [6, 6.07) is 0.846. The van der Waals surface area contributed by atoms with Crippen molar-refractivity contribution in [1.82, 2.24) is 9.88 Å². The van der Waals surface area contributed by atoms with E-state index in [0.717, 1.165) is 18.3 Å². The highest BCUT2D eigenvalue weighted by atomic mass is 32.2. The zero-order valence-corrected chi connectivity index (χ0v) is 11.5. The quantitative estimate of drug-likeness (QED) is 0.846. The van der Waals surface area contributed by atoms with E-state index in [4.69, 9.17) is 0 Å². The zero-order chi connectivity index (χ0) is 15.7. The van der Waals surface area contributed by atoms with Crippen molar-refractivity contribution < 1.29 is 26.4 Å². The van der Waals surface area contributed by atoms with Crippen LogP contribution in [0.3, 0.4) is 0 Å². The van der Waals surface area contributed by atoms with E-state index >= 15 is 0 Å². The Hall–Kier alpha value is -1.84. The maximum Gasteiger partial charge on any atom is 0.416 e. The van der Waals surface area contributed by atoms with Gasteiger partial charge in [0, 0.05) is 19.3 Å². The molecular weight excluding hydrogens is 311 g/mol. The molecule has 2 rings (SSSR count). The van der Waals surface area contributed by atoms with Gasteiger partial charge in [0.2, 0.25) is 0 Å². The van der Waals surface area contributed by atoms with E-state index in [1.54, 1.807) is 0 Å². The van der Waals surface area contributed by atoms with Gasteiger partial charge in [0.05, 0.1) is 17.1 Å². The largest absolute Gasteiger partial charge is 0.416 e. The van der Waals surface area contributed by atoms with E-state index in [0.29, 0.717) is 0 Å². The first-order chi connectivity index (χ1) is 9.67. The normalized spacial score (nSPS) is 18.3. The molecule has 10 heteroatoms. The van der Waals surface area contributed by atoms with Crippen LogP contribution in [0.4, 0.5) is 23.8 Å². The van der Waals surface area contributed by atoms with Crippen molar-refractivity contribution in [3.8, 4) is 0 Å². The molecular formula is C11H12F3N3O3S. The number of hydrogen-bond donors (Lipinski definition) is 1. The van der Waals surface area contributed by atoms with Crippen molar-refractivity contribution in [1.29, 1.82) is 0 Å². The summed E-state index contributed by atoms with van der Waals surface area (Å²) in [4.78, 5) is 16.7. The minimum atomic E-state index is -4.53. The van der Waals surface area contributed by atoms with Crippen molar-refractivity contribution in [3.05, 3.63) is 23.9 Å². The molecule has 0 aliphatic carbocycles. The van der Waals surface area contributed by atoms with E-state index in [2.05, 4.69) is 10.3 Å². The lowest BCUT2D eigenvalue weighted by molar-refractivity contribution is -0.137. The van der Waals surface area contributed by atoms with Crippen molar-refractivity contribution in [3.63, 3.8) is 0 Å². The van der Waals surface area contributed by atoms with Gasteiger partial charge in [0.1, 0.15) is 5.82 Å². The summed E-state index contributed by atoms with van der Waals surface area (Å²) in [7, 11) is -3.13. The number of aromatic nitrogens is 1. The number of urea groups is 1. The lowest BCUT2D eigenvalue weighted by Gasteiger charge is -2.26. The minimum absolute atomic E-state index is 0.00707. The minimum Gasteiger partial charge on any atom is -0.322 e. The van der Waals surface area contributed by atoms with E-state index in [-0.39, 0.29) is 30.4 Å². The Morgan fingerprint density at radius 2 is 1.90 bits per heavy atom. The third-order valence-corrected chi connectivity index (χ3v) is 4.56. The van der Waals surface area contributed by atoms with Crippen molar-refractivity contribution in [2.45, 2.75) is 6.18 Å². The van der Waals surface area contributed by atoms with Crippen LogP contribution in [0, 0.1) is 0 Å². The fourth-order valence-corrected chi connectivity index (χ4v) is 2.98. The fourth-order valence-electron chi connectivity index (χ4n) is 1.78. The molecule has 1 fully saturated rings. The third kappa shape index (κ3) is 4.06. The van der Waals surface area contributed by atoms with Crippen LogP contribution in [0.1, 0.15) is 5.56 Å². The molecule has 116 valence electrons. The van der Waals surface area contributed by atoms with Gasteiger partial charge in [0.15, 0.2) is 9.84 Å². The number of pyridine rings is 1. The topological polar surface area (TPSA) is 79.4 Å². The summed E-state index contributed by atoms with van der Waals surface area (Å²) < 4.78 is 60.1. The number of amides is 2. The van der Waals surface area contributed by atoms with E-state index < -0.39 is 27.6 Å². The Labute approximate surface area is 118 Å². The first-order valence-corrected chi connectivity index (χ1v) is 7.79. The Morgan fingerprint density at radius 1 is 1.29 bits per heavy atom. The number of carbonyl (C=O) groups is 1. The van der Waals surface area contributed by atoms with Gasteiger partial charge in [0.25, 0.3) is 0 Å². The van der Waals surface area contributed by atoms with Gasteiger partial charge in [-0.1, -0.05) is 0 Å². The number of nitrogens with one attached hydrogen (secondary N) is 1. The van der Waals surface area contributed by atoms with Gasteiger partial charge in [-0.15, -0.1) is 0 Å². The molecule has 1 N–H and O–H groups in total. The second-order valence-electron chi connectivity index (χ2n) is 4.50. The molecule has 0 atom stereocenters. The summed E-state index contributed by atoms with van der Waals surface area (Å²) in [6.07, 6.45) is -3.58. The summed E-state index contributed by atoms with van der Waals surface area (Å²) in [5.74, 6) is -0.546. The highest BCUT2D eigenvalue weighted by molar-refractivity contribution is 7.91. The molecule has 1 aliphatic rings. The third-order valence-electron chi connectivity index (χ3n) is 2.95. The maximum absolute atomic E-state index is 12.5. The van der Waals surface area contributed by atoms with E-state index in [9.17, 15) is 26.4 Å². The van der Waals surface area contributed by atoms with Crippen LogP contribution >= 0.6 is 0 Å². The molecule has 0 radical (unpaired) electrons. The lowest BCUT2D eigenvalue weighted by atomic mass is 10.2. The monoisotopic (exact) mass is 323 g/mol. The average Bonchev–Trinajstić information content (AvgIpc) is 2.37. The van der Waals surface area contributed by atoms with Crippen LogP contribution in [0.2, 0.25) is 0 Å². The van der Waals surface area contributed by atoms with Gasteiger partial charge in [-0.3, -0.25) is 5.32 Å². The number of hydrogen-bond acceptors (Lipinski definition) is 4. The fraction of sp³-hybridized carbons (Fsp3) is 0.455. The number of rotatable bonds is 1. The molecule has 2 heterocycles. The Kier molecular flexibility index (Phi) is 4.08. The molecule has 1 aromatic rings. The van der Waals surface area contributed by atoms with Crippen LogP contribution in [0.25, 0.3) is 0 Å². The molecule has 1 saturated heterocycles. The van der Waals surface area contributed by atoms with Crippen LogP contribution in [0.5, 0.6) is 0 Å². The number of carbonyl (C=O) groups excluding carboxylic acids is 1. The second kappa shape index (κ2) is 5.51. The number of nitrogens with zero attached hydrogens (tertiary/aromatic N) is 2. The Balaban J connectivity index is 2.04. The lowest BCUT2D eigenvalue weighted by Crippen LogP contribution is -2.45. The van der Waals surface area contributed by atoms with Gasteiger partial charge in [-0.2, -0.15) is 13.2 Å². The average molecular weight is 323 g/mol. The first-order valence-electron chi connectivity index (χ1n) is 5.97. The number of halogens is 3. The van der Waals surface area contributed by atoms with Crippen LogP contribution in [0.15, 0.2) is 18.3 Å². The Morgan fingerprint density at radius 3 is 2.48 bits per heavy atom. The number of sulfone groups is 1. The first kappa shape index (κ1) is 15.5. The maximum atomic E-state index is 12.5. The summed E-state index contributed by atoms with van der Waals surface area (Å²) in [6.45, 7) is 0.0141. The van der Waals surface area contributed by atoms with E-state index in [1.807, 2.05) is 0 Å². The van der Waals surface area contributed by atoms with Gasteiger partial charge >= 0.3 is 12.2 Å². The van der Waals surface area contributed by atoms with Crippen molar-refractivity contribution in [2.75, 3.05) is 29.9 Å². The Bertz CT molecular complexity index is 632. The molecule has 1 aromatic heterocycles. The summed E-state index contributed by atoms with van der Waals surface area (Å²) in [5.41, 5.74) is -0.922. The summed E-state index contributed by atoms with van der Waals surface area (Å²) >= 11 is 0. The van der Waals surface area contributed by atoms with Crippen LogP contribution in [-0.4, -0.2) is 48.9 Å². The van der Waals surface area contributed by atoms with Gasteiger partial charge in [-0.05, 0) is 12.1 Å². The zero-order valence-electron chi connectivity index (χ0n) is 10.7. The number of anilines is 1.